The zero-order valence-corrected chi connectivity index (χ0v) is 26.1. The van der Waals surface area contributed by atoms with Gasteiger partial charge in [-0.05, 0) is 42.0 Å². The van der Waals surface area contributed by atoms with Gasteiger partial charge >= 0.3 is 0 Å². The second kappa shape index (κ2) is 14.9. The molecule has 1 fully saturated rings. The average molecular weight is 624 g/mol. The summed E-state index contributed by atoms with van der Waals surface area (Å²) in [6.07, 6.45) is 1.92. The van der Waals surface area contributed by atoms with Gasteiger partial charge in [0.25, 0.3) is 5.56 Å². The molecule has 1 aliphatic rings. The molecule has 0 spiro atoms. The molecule has 1 aliphatic heterocycles. The molecule has 232 valence electrons. The van der Waals surface area contributed by atoms with Gasteiger partial charge in [-0.25, -0.2) is 4.98 Å². The summed E-state index contributed by atoms with van der Waals surface area (Å²) in [5.74, 6) is 1.01. The van der Waals surface area contributed by atoms with E-state index in [1.807, 2.05) is 83.8 Å². The van der Waals surface area contributed by atoms with Crippen molar-refractivity contribution in [1.82, 2.24) is 15.3 Å². The van der Waals surface area contributed by atoms with Gasteiger partial charge in [-0.3, -0.25) is 14.6 Å². The third-order valence-electron chi connectivity index (χ3n) is 8.23. The molecule has 0 atom stereocenters. The number of anilines is 1. The van der Waals surface area contributed by atoms with Crippen LogP contribution in [0.1, 0.15) is 29.5 Å². The highest BCUT2D eigenvalue weighted by atomic mass is 35.5. The SMILES string of the molecule is COc1cc2nc(N3CCC(Cc4ccccc4)(C(=O)NCc4ccccc4)CC3)[nH]c(=O)c2cc1Cl.NCc1ccccc1. The average Bonchev–Trinajstić information content (AvgIpc) is 3.09. The van der Waals surface area contributed by atoms with E-state index in [0.29, 0.717) is 73.1 Å². The van der Waals surface area contributed by atoms with Crippen molar-refractivity contribution in [2.45, 2.75) is 32.4 Å². The van der Waals surface area contributed by atoms with Crippen molar-refractivity contribution in [1.29, 1.82) is 0 Å². The highest BCUT2D eigenvalue weighted by molar-refractivity contribution is 6.32. The smallest absolute Gasteiger partial charge is 0.260 e. The Balaban J connectivity index is 0.000000436. The quantitative estimate of drug-likeness (QED) is 0.199. The number of benzene rings is 4. The van der Waals surface area contributed by atoms with E-state index in [9.17, 15) is 9.59 Å². The van der Waals surface area contributed by atoms with Gasteiger partial charge in [-0.2, -0.15) is 0 Å². The minimum absolute atomic E-state index is 0.0548. The summed E-state index contributed by atoms with van der Waals surface area (Å²) in [7, 11) is 1.53. The van der Waals surface area contributed by atoms with Crippen LogP contribution < -0.4 is 26.2 Å². The predicted octanol–water partition coefficient (Wildman–Crippen LogP) is 5.88. The molecule has 0 bridgehead atoms. The number of H-pyrrole nitrogens is 1. The molecule has 0 radical (unpaired) electrons. The lowest BCUT2D eigenvalue weighted by Gasteiger charge is -2.41. The number of nitrogens with two attached hydrogens (primary N) is 1. The Hall–Kier alpha value is -4.66. The van der Waals surface area contributed by atoms with E-state index < -0.39 is 5.41 Å². The third-order valence-corrected chi connectivity index (χ3v) is 8.52. The number of carbonyl (C=O) groups excluding carboxylic acids is 1. The number of amides is 1. The van der Waals surface area contributed by atoms with Crippen LogP contribution >= 0.6 is 11.6 Å². The molecule has 1 amide bonds. The van der Waals surface area contributed by atoms with Crippen LogP contribution in [0.5, 0.6) is 5.75 Å². The number of nitrogens with zero attached hydrogens (tertiary/aromatic N) is 2. The summed E-state index contributed by atoms with van der Waals surface area (Å²) >= 11 is 6.20. The number of nitrogens with one attached hydrogen (secondary N) is 2. The largest absolute Gasteiger partial charge is 0.495 e. The van der Waals surface area contributed by atoms with E-state index in [4.69, 9.17) is 27.1 Å². The maximum atomic E-state index is 13.6. The standard InChI is InChI=1S/C29H29ClN4O3.C7H9N/c1-37-25-17-24-22(16-23(25)30)26(35)33-28(32-24)34-14-12-29(13-15-34,18-20-8-4-2-5-9-20)27(36)31-19-21-10-6-3-7-11-21;8-6-7-4-2-1-3-5-7/h2-11,16-17H,12-15,18-19H2,1H3,(H,31,36)(H,32,33,35);1-5H,6,8H2. The number of halogens is 1. The van der Waals surface area contributed by atoms with Crippen LogP contribution in [-0.4, -0.2) is 36.1 Å². The van der Waals surface area contributed by atoms with Crippen molar-refractivity contribution in [3.05, 3.63) is 135 Å². The Kier molecular flexibility index (Phi) is 10.5. The molecule has 1 aromatic heterocycles. The van der Waals surface area contributed by atoms with Gasteiger partial charge in [0.2, 0.25) is 11.9 Å². The van der Waals surface area contributed by atoms with Gasteiger partial charge in [-0.1, -0.05) is 103 Å². The Labute approximate surface area is 268 Å². The van der Waals surface area contributed by atoms with Gasteiger partial charge in [0.1, 0.15) is 5.75 Å². The first-order valence-corrected chi connectivity index (χ1v) is 15.4. The predicted molar refractivity (Wildman–Crippen MR) is 181 cm³/mol. The molecule has 8 nitrogen and oxygen atoms in total. The number of aromatic nitrogens is 2. The minimum Gasteiger partial charge on any atom is -0.495 e. The molecule has 4 aromatic carbocycles. The molecular weight excluding hydrogens is 586 g/mol. The van der Waals surface area contributed by atoms with Crippen molar-refractivity contribution in [3.63, 3.8) is 0 Å². The number of fused-ring (bicyclic) bond motifs is 1. The van der Waals surface area contributed by atoms with E-state index >= 15 is 0 Å². The Morgan fingerprint density at radius 3 is 2.07 bits per heavy atom. The van der Waals surface area contributed by atoms with Crippen molar-refractivity contribution in [2.75, 3.05) is 25.1 Å². The second-order valence-electron chi connectivity index (χ2n) is 11.2. The Morgan fingerprint density at radius 1 is 0.933 bits per heavy atom. The maximum absolute atomic E-state index is 13.6. The van der Waals surface area contributed by atoms with Crippen molar-refractivity contribution < 1.29 is 9.53 Å². The highest BCUT2D eigenvalue weighted by Crippen LogP contribution is 2.37. The van der Waals surface area contributed by atoms with E-state index in [1.54, 1.807) is 12.1 Å². The molecule has 6 rings (SSSR count). The molecular formula is C36H38ClN5O3. The van der Waals surface area contributed by atoms with Crippen LogP contribution in [0, 0.1) is 5.41 Å². The van der Waals surface area contributed by atoms with Gasteiger partial charge in [0.15, 0.2) is 0 Å². The topological polar surface area (TPSA) is 113 Å². The molecule has 9 heteroatoms. The van der Waals surface area contributed by atoms with Gasteiger partial charge in [0, 0.05) is 32.2 Å². The van der Waals surface area contributed by atoms with E-state index in [0.717, 1.165) is 11.1 Å². The molecule has 1 saturated heterocycles. The fourth-order valence-electron chi connectivity index (χ4n) is 5.63. The van der Waals surface area contributed by atoms with Crippen molar-refractivity contribution in [2.24, 2.45) is 11.1 Å². The van der Waals surface area contributed by atoms with E-state index in [2.05, 4.69) is 22.4 Å². The lowest BCUT2D eigenvalue weighted by atomic mass is 9.73. The van der Waals surface area contributed by atoms with Crippen LogP contribution in [-0.2, 0) is 24.3 Å². The summed E-state index contributed by atoms with van der Waals surface area (Å²) in [6.45, 7) is 2.31. The highest BCUT2D eigenvalue weighted by Gasteiger charge is 2.41. The number of hydrogen-bond donors (Lipinski definition) is 3. The fraction of sp³-hybridized carbons (Fsp3) is 0.250. The molecule has 2 heterocycles. The normalized spacial score (nSPS) is 13.9. The van der Waals surface area contributed by atoms with Crippen molar-refractivity contribution in [3.8, 4) is 5.75 Å². The Bertz CT molecular complexity index is 1760. The van der Waals surface area contributed by atoms with E-state index in [-0.39, 0.29) is 11.5 Å². The van der Waals surface area contributed by atoms with Gasteiger partial charge < -0.3 is 20.7 Å². The first kappa shape index (κ1) is 31.8. The van der Waals surface area contributed by atoms with Crippen LogP contribution in [0.15, 0.2) is 108 Å². The second-order valence-corrected chi connectivity index (χ2v) is 11.6. The van der Waals surface area contributed by atoms with Crippen LogP contribution in [0.25, 0.3) is 10.9 Å². The van der Waals surface area contributed by atoms with Crippen molar-refractivity contribution >= 4 is 34.4 Å². The zero-order chi connectivity index (χ0) is 31.6. The van der Waals surface area contributed by atoms with E-state index in [1.165, 1.54) is 12.7 Å². The summed E-state index contributed by atoms with van der Waals surface area (Å²) < 4.78 is 5.30. The van der Waals surface area contributed by atoms with Crippen LogP contribution in [0.4, 0.5) is 5.95 Å². The number of hydrogen-bond acceptors (Lipinski definition) is 6. The van der Waals surface area contributed by atoms with Gasteiger partial charge in [0.05, 0.1) is 28.5 Å². The molecule has 45 heavy (non-hydrogen) atoms. The number of ether oxygens (including phenoxy) is 1. The number of rotatable bonds is 8. The summed E-state index contributed by atoms with van der Waals surface area (Å²) in [5.41, 5.74) is 8.44. The maximum Gasteiger partial charge on any atom is 0.260 e. The zero-order valence-electron chi connectivity index (χ0n) is 25.3. The first-order valence-electron chi connectivity index (χ1n) is 15.0. The Morgan fingerprint density at radius 2 is 1.51 bits per heavy atom. The molecule has 5 aromatic rings. The molecule has 4 N–H and O–H groups in total. The van der Waals surface area contributed by atoms with Crippen LogP contribution in [0.2, 0.25) is 5.02 Å². The van der Waals surface area contributed by atoms with Gasteiger partial charge in [-0.15, -0.1) is 0 Å². The summed E-state index contributed by atoms with van der Waals surface area (Å²) in [6, 6.07) is 33.3. The lowest BCUT2D eigenvalue weighted by molar-refractivity contribution is -0.132. The number of methoxy groups -OCH3 is 1. The fourth-order valence-corrected chi connectivity index (χ4v) is 5.87. The third kappa shape index (κ3) is 7.90. The minimum atomic E-state index is -0.555. The lowest BCUT2D eigenvalue weighted by Crippen LogP contribution is -2.50. The van der Waals surface area contributed by atoms with Crippen LogP contribution in [0.3, 0.4) is 0 Å². The number of carbonyl (C=O) groups is 1. The summed E-state index contributed by atoms with van der Waals surface area (Å²) in [5, 5.41) is 3.95. The number of piperidine rings is 1. The first-order chi connectivity index (χ1) is 21.9. The monoisotopic (exact) mass is 623 g/mol. The summed E-state index contributed by atoms with van der Waals surface area (Å²) in [4.78, 5) is 36.1. The number of aromatic amines is 1. The molecule has 0 unspecified atom stereocenters. The molecule has 0 saturated carbocycles. The molecule has 0 aliphatic carbocycles.